The molecule has 6 nitrogen and oxygen atoms in total. The van der Waals surface area contributed by atoms with Gasteiger partial charge in [0.15, 0.2) is 0 Å². The van der Waals surface area contributed by atoms with Crippen molar-refractivity contribution in [3.05, 3.63) is 11.8 Å². The van der Waals surface area contributed by atoms with Crippen molar-refractivity contribution in [2.45, 2.75) is 26.3 Å². The molecule has 0 radical (unpaired) electrons. The van der Waals surface area contributed by atoms with Crippen molar-refractivity contribution in [3.63, 3.8) is 0 Å². The third-order valence-electron chi connectivity index (χ3n) is 2.05. The van der Waals surface area contributed by atoms with Crippen molar-refractivity contribution < 1.29 is 14.6 Å². The number of aryl methyl sites for hydroxylation is 1. The van der Waals surface area contributed by atoms with E-state index in [1.165, 1.54) is 7.11 Å². The first-order valence-electron chi connectivity index (χ1n) is 4.95. The molecule has 0 bridgehead atoms. The van der Waals surface area contributed by atoms with Crippen LogP contribution in [0.25, 0.3) is 0 Å². The maximum atomic E-state index is 10.8. The van der Waals surface area contributed by atoms with E-state index in [1.807, 2.05) is 0 Å². The smallest absolute Gasteiger partial charge is 0.326 e. The third kappa shape index (κ3) is 3.08. The Morgan fingerprint density at radius 2 is 2.31 bits per heavy atom. The molecule has 0 saturated carbocycles. The Bertz CT molecular complexity index is 382. The fraction of sp³-hybridized carbons (Fsp3) is 0.500. The molecule has 0 aliphatic rings. The Morgan fingerprint density at radius 3 is 2.81 bits per heavy atom. The third-order valence-corrected chi connectivity index (χ3v) is 2.05. The van der Waals surface area contributed by atoms with Crippen molar-refractivity contribution in [2.75, 3.05) is 12.4 Å². The van der Waals surface area contributed by atoms with Crippen LogP contribution < -0.4 is 10.1 Å². The Morgan fingerprint density at radius 1 is 1.62 bits per heavy atom. The van der Waals surface area contributed by atoms with E-state index in [1.54, 1.807) is 19.9 Å². The van der Waals surface area contributed by atoms with E-state index in [4.69, 9.17) is 9.84 Å². The number of carbonyl (C=O) groups is 1. The molecule has 88 valence electrons. The first-order valence-corrected chi connectivity index (χ1v) is 4.95. The summed E-state index contributed by atoms with van der Waals surface area (Å²) < 4.78 is 4.97. The molecular formula is C10H15N3O3. The van der Waals surface area contributed by atoms with E-state index in [0.29, 0.717) is 12.3 Å². The van der Waals surface area contributed by atoms with Crippen LogP contribution in [-0.2, 0) is 4.79 Å². The van der Waals surface area contributed by atoms with Crippen molar-refractivity contribution in [1.29, 1.82) is 0 Å². The zero-order valence-corrected chi connectivity index (χ0v) is 9.52. The molecule has 1 aromatic rings. The second-order valence-electron chi connectivity index (χ2n) is 3.32. The first-order chi connectivity index (χ1) is 7.56. The fourth-order valence-corrected chi connectivity index (χ4v) is 1.20. The van der Waals surface area contributed by atoms with Crippen LogP contribution in [0.2, 0.25) is 0 Å². The van der Waals surface area contributed by atoms with Gasteiger partial charge < -0.3 is 15.2 Å². The lowest BCUT2D eigenvalue weighted by atomic mass is 10.2. The molecule has 0 aliphatic carbocycles. The summed E-state index contributed by atoms with van der Waals surface area (Å²) in [5, 5.41) is 11.6. The SMILES string of the molecule is CCC(Nc1nc(C)cc(OC)n1)C(=O)O. The lowest BCUT2D eigenvalue weighted by Gasteiger charge is -2.12. The monoisotopic (exact) mass is 225 g/mol. The van der Waals surface area contributed by atoms with Gasteiger partial charge in [0, 0.05) is 11.8 Å². The second-order valence-corrected chi connectivity index (χ2v) is 3.32. The Hall–Kier alpha value is -1.85. The summed E-state index contributed by atoms with van der Waals surface area (Å²) in [4.78, 5) is 18.9. The highest BCUT2D eigenvalue weighted by atomic mass is 16.5. The van der Waals surface area contributed by atoms with Gasteiger partial charge in [-0.3, -0.25) is 0 Å². The lowest BCUT2D eigenvalue weighted by Crippen LogP contribution is -2.29. The van der Waals surface area contributed by atoms with Crippen LogP contribution in [0.5, 0.6) is 5.88 Å². The molecule has 0 fully saturated rings. The molecule has 1 heterocycles. The number of methoxy groups -OCH3 is 1. The lowest BCUT2D eigenvalue weighted by molar-refractivity contribution is -0.138. The molecule has 1 atom stereocenters. The minimum absolute atomic E-state index is 0.270. The minimum atomic E-state index is -0.924. The quantitative estimate of drug-likeness (QED) is 0.779. The summed E-state index contributed by atoms with van der Waals surface area (Å²) >= 11 is 0. The number of hydrogen-bond donors (Lipinski definition) is 2. The number of rotatable bonds is 5. The van der Waals surface area contributed by atoms with Gasteiger partial charge >= 0.3 is 5.97 Å². The van der Waals surface area contributed by atoms with E-state index in [-0.39, 0.29) is 5.95 Å². The number of carboxylic acid groups (broad SMARTS) is 1. The van der Waals surface area contributed by atoms with Gasteiger partial charge in [0.05, 0.1) is 7.11 Å². The number of aromatic nitrogens is 2. The highest BCUT2D eigenvalue weighted by Gasteiger charge is 2.16. The maximum absolute atomic E-state index is 10.8. The predicted octanol–water partition coefficient (Wildman–Crippen LogP) is 1.07. The van der Waals surface area contributed by atoms with Gasteiger partial charge in [0.25, 0.3) is 0 Å². The zero-order chi connectivity index (χ0) is 12.1. The van der Waals surface area contributed by atoms with Gasteiger partial charge in [-0.15, -0.1) is 0 Å². The average molecular weight is 225 g/mol. The van der Waals surface area contributed by atoms with Crippen LogP contribution in [-0.4, -0.2) is 34.2 Å². The van der Waals surface area contributed by atoms with Gasteiger partial charge in [0.1, 0.15) is 6.04 Å². The summed E-state index contributed by atoms with van der Waals surface area (Å²) in [6.45, 7) is 3.57. The topological polar surface area (TPSA) is 84.3 Å². The zero-order valence-electron chi connectivity index (χ0n) is 9.52. The molecule has 1 aromatic heterocycles. The molecule has 1 unspecified atom stereocenters. The Balaban J connectivity index is 2.87. The Kier molecular flexibility index (Phi) is 4.04. The van der Waals surface area contributed by atoms with E-state index in [0.717, 1.165) is 5.69 Å². The van der Waals surface area contributed by atoms with E-state index < -0.39 is 12.0 Å². The van der Waals surface area contributed by atoms with Gasteiger partial charge in [-0.1, -0.05) is 6.92 Å². The van der Waals surface area contributed by atoms with Crippen molar-refractivity contribution in [1.82, 2.24) is 9.97 Å². The molecule has 0 aromatic carbocycles. The maximum Gasteiger partial charge on any atom is 0.326 e. The summed E-state index contributed by atoms with van der Waals surface area (Å²) in [5.74, 6) is -0.243. The van der Waals surface area contributed by atoms with E-state index in [2.05, 4.69) is 15.3 Å². The number of nitrogens with one attached hydrogen (secondary N) is 1. The van der Waals surface area contributed by atoms with Gasteiger partial charge in [-0.05, 0) is 13.3 Å². The molecule has 0 saturated heterocycles. The van der Waals surface area contributed by atoms with Gasteiger partial charge in [-0.25, -0.2) is 9.78 Å². The molecule has 0 spiro atoms. The number of aliphatic carboxylic acids is 1. The first kappa shape index (κ1) is 12.2. The summed E-state index contributed by atoms with van der Waals surface area (Å²) in [6.07, 6.45) is 0.453. The van der Waals surface area contributed by atoms with Crippen molar-refractivity contribution in [3.8, 4) is 5.88 Å². The number of hydrogen-bond acceptors (Lipinski definition) is 5. The molecular weight excluding hydrogens is 210 g/mol. The molecule has 0 aliphatic heterocycles. The van der Waals surface area contributed by atoms with Crippen LogP contribution in [0.3, 0.4) is 0 Å². The molecule has 0 amide bonds. The predicted molar refractivity (Wildman–Crippen MR) is 58.7 cm³/mol. The molecule has 1 rings (SSSR count). The van der Waals surface area contributed by atoms with Gasteiger partial charge in [-0.2, -0.15) is 4.98 Å². The average Bonchev–Trinajstić information content (AvgIpc) is 2.24. The Labute approximate surface area is 93.7 Å². The molecule has 2 N–H and O–H groups in total. The van der Waals surface area contributed by atoms with Crippen molar-refractivity contribution >= 4 is 11.9 Å². The fourth-order valence-electron chi connectivity index (χ4n) is 1.20. The number of nitrogens with zero attached hydrogens (tertiary/aromatic N) is 2. The highest BCUT2D eigenvalue weighted by molar-refractivity contribution is 5.76. The second kappa shape index (κ2) is 5.29. The number of anilines is 1. The summed E-state index contributed by atoms with van der Waals surface area (Å²) in [5.41, 5.74) is 0.717. The summed E-state index contributed by atoms with van der Waals surface area (Å²) in [7, 11) is 1.50. The van der Waals surface area contributed by atoms with Crippen molar-refractivity contribution in [2.24, 2.45) is 0 Å². The van der Waals surface area contributed by atoms with Crippen LogP contribution >= 0.6 is 0 Å². The molecule has 16 heavy (non-hydrogen) atoms. The van der Waals surface area contributed by atoms with E-state index in [9.17, 15) is 4.79 Å². The highest BCUT2D eigenvalue weighted by Crippen LogP contribution is 2.12. The van der Waals surface area contributed by atoms with Crippen LogP contribution in [0.4, 0.5) is 5.95 Å². The standard InChI is InChI=1S/C10H15N3O3/c1-4-7(9(14)15)12-10-11-6(2)5-8(13-10)16-3/h5,7H,4H2,1-3H3,(H,14,15)(H,11,12,13). The van der Waals surface area contributed by atoms with Crippen LogP contribution in [0, 0.1) is 6.92 Å². The largest absolute Gasteiger partial charge is 0.481 e. The number of ether oxygens (including phenoxy) is 1. The number of carboxylic acids is 1. The normalized spacial score (nSPS) is 11.9. The summed E-state index contributed by atoms with van der Waals surface area (Å²) in [6, 6.07) is 0.985. The van der Waals surface area contributed by atoms with Crippen LogP contribution in [0.15, 0.2) is 6.07 Å². The van der Waals surface area contributed by atoms with E-state index >= 15 is 0 Å². The molecule has 6 heteroatoms. The van der Waals surface area contributed by atoms with Crippen LogP contribution in [0.1, 0.15) is 19.0 Å². The minimum Gasteiger partial charge on any atom is -0.481 e. The van der Waals surface area contributed by atoms with Gasteiger partial charge in [0.2, 0.25) is 11.8 Å².